The summed E-state index contributed by atoms with van der Waals surface area (Å²) < 4.78 is 1.39. The Hall–Kier alpha value is -3.67. The van der Waals surface area contributed by atoms with Crippen LogP contribution in [0.2, 0.25) is 0 Å². The largest absolute Gasteiger partial charge is 0.506 e. The van der Waals surface area contributed by atoms with Gasteiger partial charge in [0.1, 0.15) is 5.75 Å². The number of amides is 1. The number of fused-ring (bicyclic) bond motifs is 2. The predicted molar refractivity (Wildman–Crippen MR) is 103 cm³/mol. The van der Waals surface area contributed by atoms with Crippen molar-refractivity contribution >= 4 is 34.4 Å². The molecule has 0 saturated heterocycles. The van der Waals surface area contributed by atoms with E-state index in [2.05, 4.69) is 0 Å². The monoisotopic (exact) mass is 360 g/mol. The average molecular weight is 360 g/mol. The van der Waals surface area contributed by atoms with Crippen LogP contribution in [0.5, 0.6) is 5.75 Å². The zero-order valence-corrected chi connectivity index (χ0v) is 14.8. The number of rotatable bonds is 1. The number of para-hydroxylation sites is 2. The Labute approximate surface area is 154 Å². The summed E-state index contributed by atoms with van der Waals surface area (Å²) in [6, 6.07) is 13.7. The number of ketones is 1. The van der Waals surface area contributed by atoms with Gasteiger partial charge in [-0.2, -0.15) is 0 Å². The van der Waals surface area contributed by atoms with Crippen LogP contribution in [0.4, 0.5) is 5.69 Å². The number of likely N-dealkylation sites (N-methyl/N-ethyl adjacent to an activating group) is 1. The maximum atomic E-state index is 12.8. The molecule has 0 bridgehead atoms. The van der Waals surface area contributed by atoms with Crippen LogP contribution >= 0.6 is 0 Å². The van der Waals surface area contributed by atoms with Gasteiger partial charge in [0.25, 0.3) is 11.5 Å². The second kappa shape index (κ2) is 5.95. The lowest BCUT2D eigenvalue weighted by atomic mass is 9.94. The fraction of sp³-hybridized carbons (Fsp3) is 0.0952. The lowest BCUT2D eigenvalue weighted by Crippen LogP contribution is -2.36. The fourth-order valence-electron chi connectivity index (χ4n) is 3.39. The number of Topliss-reactive ketones (excluding diaryl/α,β-unsaturated/α-hetero) is 1. The average Bonchev–Trinajstić information content (AvgIpc) is 2.70. The molecule has 0 atom stereocenters. The topological polar surface area (TPSA) is 79.6 Å². The van der Waals surface area contributed by atoms with Crippen molar-refractivity contribution in [2.45, 2.75) is 0 Å². The van der Waals surface area contributed by atoms with Crippen molar-refractivity contribution in [1.29, 1.82) is 0 Å². The summed E-state index contributed by atoms with van der Waals surface area (Å²) in [5.41, 5.74) is 0.731. The van der Waals surface area contributed by atoms with Crippen molar-refractivity contribution < 1.29 is 14.7 Å². The van der Waals surface area contributed by atoms with E-state index in [0.29, 0.717) is 22.2 Å². The molecule has 1 aromatic heterocycles. The first kappa shape index (κ1) is 16.8. The summed E-state index contributed by atoms with van der Waals surface area (Å²) in [5, 5.41) is 11.1. The van der Waals surface area contributed by atoms with Crippen LogP contribution in [0.3, 0.4) is 0 Å². The van der Waals surface area contributed by atoms with Gasteiger partial charge in [0.15, 0.2) is 0 Å². The van der Waals surface area contributed by atoms with Crippen molar-refractivity contribution in [2.75, 3.05) is 11.9 Å². The van der Waals surface area contributed by atoms with E-state index in [1.807, 2.05) is 0 Å². The maximum Gasteiger partial charge on any atom is 0.262 e. The van der Waals surface area contributed by atoms with E-state index in [1.54, 1.807) is 62.6 Å². The van der Waals surface area contributed by atoms with Crippen LogP contribution in [0.1, 0.15) is 15.9 Å². The Morgan fingerprint density at radius 3 is 2.37 bits per heavy atom. The molecule has 6 nitrogen and oxygen atoms in total. The molecule has 0 aliphatic carbocycles. The standard InChI is InChI=1S/C21H16N2O4/c1-22-16-9-5-3-7-12(16)18(24)14(20(22)26)11-15-19(25)13-8-4-6-10-17(13)23(2)21(15)27/h3-11,24H,1-2H3/b15-11-. The summed E-state index contributed by atoms with van der Waals surface area (Å²) in [6.07, 6.45) is 1.20. The zero-order chi connectivity index (χ0) is 19.3. The van der Waals surface area contributed by atoms with Gasteiger partial charge in [-0.15, -0.1) is 0 Å². The molecule has 134 valence electrons. The predicted octanol–water partition coefficient (Wildman–Crippen LogP) is 2.49. The molecule has 2 aromatic carbocycles. The first-order chi connectivity index (χ1) is 12.9. The maximum absolute atomic E-state index is 12.8. The molecule has 0 saturated carbocycles. The molecule has 0 unspecified atom stereocenters. The van der Waals surface area contributed by atoms with E-state index in [4.69, 9.17) is 0 Å². The van der Waals surface area contributed by atoms with Gasteiger partial charge in [0.05, 0.1) is 22.3 Å². The minimum absolute atomic E-state index is 0.0827. The molecule has 27 heavy (non-hydrogen) atoms. The highest BCUT2D eigenvalue weighted by Gasteiger charge is 2.33. The highest BCUT2D eigenvalue weighted by Crippen LogP contribution is 2.32. The number of benzene rings is 2. The van der Waals surface area contributed by atoms with Gasteiger partial charge in [-0.3, -0.25) is 14.4 Å². The normalized spacial score (nSPS) is 15.5. The number of hydrogen-bond acceptors (Lipinski definition) is 4. The van der Waals surface area contributed by atoms with Crippen LogP contribution in [-0.2, 0) is 11.8 Å². The molecule has 1 aliphatic rings. The third kappa shape index (κ3) is 2.38. The first-order valence-electron chi connectivity index (χ1n) is 8.36. The van der Waals surface area contributed by atoms with E-state index >= 15 is 0 Å². The van der Waals surface area contributed by atoms with Gasteiger partial charge in [-0.1, -0.05) is 24.3 Å². The van der Waals surface area contributed by atoms with Crippen molar-refractivity contribution in [3.8, 4) is 5.75 Å². The zero-order valence-electron chi connectivity index (χ0n) is 14.8. The van der Waals surface area contributed by atoms with E-state index in [1.165, 1.54) is 15.5 Å². The van der Waals surface area contributed by atoms with Gasteiger partial charge in [-0.25, -0.2) is 0 Å². The van der Waals surface area contributed by atoms with Gasteiger partial charge >= 0.3 is 0 Å². The Morgan fingerprint density at radius 1 is 0.926 bits per heavy atom. The van der Waals surface area contributed by atoms with Gasteiger partial charge in [-0.05, 0) is 30.3 Å². The van der Waals surface area contributed by atoms with Gasteiger partial charge in [0, 0.05) is 25.0 Å². The highest BCUT2D eigenvalue weighted by molar-refractivity contribution is 6.36. The summed E-state index contributed by atoms with van der Waals surface area (Å²) in [6.45, 7) is 0. The Kier molecular flexibility index (Phi) is 3.70. The fourth-order valence-corrected chi connectivity index (χ4v) is 3.39. The van der Waals surface area contributed by atoms with Gasteiger partial charge < -0.3 is 14.6 Å². The summed E-state index contributed by atoms with van der Waals surface area (Å²) in [7, 11) is 3.15. The van der Waals surface area contributed by atoms with Crippen molar-refractivity contribution in [1.82, 2.24) is 4.57 Å². The van der Waals surface area contributed by atoms with E-state index < -0.39 is 17.2 Å². The van der Waals surface area contributed by atoms with E-state index in [0.717, 1.165) is 0 Å². The van der Waals surface area contributed by atoms with Crippen LogP contribution in [-0.4, -0.2) is 28.4 Å². The lowest BCUT2D eigenvalue weighted by molar-refractivity contribution is -0.114. The number of aromatic hydroxyl groups is 1. The molecule has 1 amide bonds. The van der Waals surface area contributed by atoms with Crippen LogP contribution in [0.25, 0.3) is 17.0 Å². The number of anilines is 1. The summed E-state index contributed by atoms with van der Waals surface area (Å²) >= 11 is 0. The quantitative estimate of drug-likeness (QED) is 0.534. The summed E-state index contributed by atoms with van der Waals surface area (Å²) in [5.74, 6) is -1.24. The molecule has 0 spiro atoms. The van der Waals surface area contributed by atoms with E-state index in [-0.39, 0.29) is 16.9 Å². The molecule has 3 aromatic rings. The first-order valence-corrected chi connectivity index (χ1v) is 8.36. The molecule has 2 heterocycles. The molecule has 1 aliphatic heterocycles. The van der Waals surface area contributed by atoms with Crippen molar-refractivity contribution in [2.24, 2.45) is 7.05 Å². The van der Waals surface area contributed by atoms with Crippen LogP contribution in [0, 0.1) is 0 Å². The number of carbonyl (C=O) groups is 2. The second-order valence-corrected chi connectivity index (χ2v) is 6.41. The minimum atomic E-state index is -0.520. The Balaban J connectivity index is 1.99. The minimum Gasteiger partial charge on any atom is -0.506 e. The molecule has 0 radical (unpaired) electrons. The summed E-state index contributed by atoms with van der Waals surface area (Å²) in [4.78, 5) is 39.7. The third-order valence-corrected chi connectivity index (χ3v) is 4.89. The number of pyridine rings is 1. The molecular formula is C21H16N2O4. The third-order valence-electron chi connectivity index (χ3n) is 4.89. The van der Waals surface area contributed by atoms with Crippen molar-refractivity contribution in [3.63, 3.8) is 0 Å². The van der Waals surface area contributed by atoms with E-state index in [9.17, 15) is 19.5 Å². The number of nitrogens with zero attached hydrogens (tertiary/aromatic N) is 2. The molecule has 6 heteroatoms. The Morgan fingerprint density at radius 2 is 1.59 bits per heavy atom. The van der Waals surface area contributed by atoms with Gasteiger partial charge in [0.2, 0.25) is 5.78 Å². The highest BCUT2D eigenvalue weighted by atomic mass is 16.3. The number of carbonyl (C=O) groups excluding carboxylic acids is 2. The smallest absolute Gasteiger partial charge is 0.262 e. The molecule has 4 rings (SSSR count). The lowest BCUT2D eigenvalue weighted by Gasteiger charge is -2.26. The number of aryl methyl sites for hydroxylation is 1. The van der Waals surface area contributed by atoms with Crippen LogP contribution in [0.15, 0.2) is 58.9 Å². The number of hydrogen-bond donors (Lipinski definition) is 1. The molecule has 0 fully saturated rings. The van der Waals surface area contributed by atoms with Crippen LogP contribution < -0.4 is 10.5 Å². The molecule has 1 N–H and O–H groups in total. The second-order valence-electron chi connectivity index (χ2n) is 6.41. The number of aromatic nitrogens is 1. The molecular weight excluding hydrogens is 344 g/mol. The Bertz CT molecular complexity index is 1220. The SMILES string of the molecule is CN1C(=O)/C(=C\c2c(O)c3ccccc3n(C)c2=O)C(=O)c2ccccc21. The van der Waals surface area contributed by atoms with Crippen molar-refractivity contribution in [3.05, 3.63) is 75.6 Å².